The lowest BCUT2D eigenvalue weighted by atomic mass is 9.53. The zero-order valence-corrected chi connectivity index (χ0v) is 28.7. The molecule has 10 rings (SSSR count). The summed E-state index contributed by atoms with van der Waals surface area (Å²) in [6, 6.07) is 8.98. The Kier molecular flexibility index (Phi) is 6.88. The molecule has 2 aromatic carbocycles. The average Bonchev–Trinajstić information content (AvgIpc) is 3.61. The van der Waals surface area contributed by atoms with Crippen molar-refractivity contribution in [2.24, 2.45) is 11.8 Å². The molecule has 0 radical (unpaired) electrons. The molecule has 2 saturated heterocycles. The first kappa shape index (κ1) is 31.1. The number of likely N-dealkylation sites (N-methyl/N-ethyl adjacent to an activating group) is 2. The highest BCUT2D eigenvalue weighted by Crippen LogP contribution is 2.64. The minimum Gasteiger partial charge on any atom is -0.493 e. The number of hydrogen-bond donors (Lipinski definition) is 1. The lowest BCUT2D eigenvalue weighted by Gasteiger charge is -2.56. The van der Waals surface area contributed by atoms with Crippen LogP contribution < -0.4 is 18.9 Å². The second-order valence-electron chi connectivity index (χ2n) is 15.2. The van der Waals surface area contributed by atoms with Crippen LogP contribution in [-0.4, -0.2) is 97.6 Å². The Labute approximate surface area is 286 Å². The third kappa shape index (κ3) is 4.11. The number of ether oxygens (including phenoxy) is 5. The van der Waals surface area contributed by atoms with Gasteiger partial charge in [-0.15, -0.1) is 0 Å². The Balaban J connectivity index is 0.000000135. The monoisotopic (exact) mass is 668 g/mol. The molecule has 0 aromatic heterocycles. The van der Waals surface area contributed by atoms with Gasteiger partial charge in [0.25, 0.3) is 0 Å². The summed E-state index contributed by atoms with van der Waals surface area (Å²) in [5.74, 6) is 2.80. The second-order valence-corrected chi connectivity index (χ2v) is 15.2. The molecule has 2 aromatic rings. The van der Waals surface area contributed by atoms with Crippen LogP contribution in [0, 0.1) is 11.8 Å². The summed E-state index contributed by atoms with van der Waals surface area (Å²) in [6.07, 6.45) is 10.8. The van der Waals surface area contributed by atoms with Gasteiger partial charge in [0.15, 0.2) is 29.1 Å². The molecule has 2 spiro atoms. The van der Waals surface area contributed by atoms with Gasteiger partial charge in [-0.2, -0.15) is 0 Å². The van der Waals surface area contributed by atoms with Crippen LogP contribution in [0.5, 0.6) is 23.0 Å². The topological polar surface area (TPSA) is 107 Å². The number of esters is 2. The highest BCUT2D eigenvalue weighted by Gasteiger charge is 2.66. The molecule has 258 valence electrons. The smallest absolute Gasteiger partial charge is 0.308 e. The van der Waals surface area contributed by atoms with Gasteiger partial charge in [-0.25, -0.2) is 0 Å². The first-order chi connectivity index (χ1) is 23.6. The van der Waals surface area contributed by atoms with E-state index in [0.29, 0.717) is 29.5 Å². The zero-order valence-electron chi connectivity index (χ0n) is 28.7. The number of aliphatic hydroxyl groups excluding tert-OH is 1. The van der Waals surface area contributed by atoms with E-state index in [9.17, 15) is 14.7 Å². The molecule has 1 N–H and O–H groups in total. The summed E-state index contributed by atoms with van der Waals surface area (Å²) in [5.41, 5.74) is 4.76. The van der Waals surface area contributed by atoms with Crippen LogP contribution in [0.15, 0.2) is 48.6 Å². The quantitative estimate of drug-likeness (QED) is 0.297. The number of rotatable bonds is 3. The maximum Gasteiger partial charge on any atom is 0.308 e. The van der Waals surface area contributed by atoms with Crippen LogP contribution in [0.3, 0.4) is 0 Å². The number of aliphatic hydroxyl groups is 1. The number of carbonyl (C=O) groups is 2. The molecule has 4 bridgehead atoms. The van der Waals surface area contributed by atoms with E-state index in [1.54, 1.807) is 7.11 Å². The van der Waals surface area contributed by atoms with Gasteiger partial charge in [0, 0.05) is 59.7 Å². The van der Waals surface area contributed by atoms with Gasteiger partial charge >= 0.3 is 11.9 Å². The van der Waals surface area contributed by atoms with E-state index in [4.69, 9.17) is 23.7 Å². The summed E-state index contributed by atoms with van der Waals surface area (Å²) >= 11 is 0. The van der Waals surface area contributed by atoms with Crippen molar-refractivity contribution >= 4 is 11.9 Å². The minimum atomic E-state index is -0.539. The van der Waals surface area contributed by atoms with Crippen molar-refractivity contribution in [3.8, 4) is 23.0 Å². The molecule has 49 heavy (non-hydrogen) atoms. The molecule has 4 aliphatic heterocycles. The zero-order chi connectivity index (χ0) is 34.0. The molecule has 4 aliphatic carbocycles. The lowest BCUT2D eigenvalue weighted by Crippen LogP contribution is -2.65. The Bertz CT molecular complexity index is 1820. The molecule has 8 aliphatic rings. The van der Waals surface area contributed by atoms with E-state index in [1.165, 1.54) is 30.5 Å². The predicted molar refractivity (Wildman–Crippen MR) is 179 cm³/mol. The van der Waals surface area contributed by atoms with E-state index >= 15 is 0 Å². The SMILES string of the molecule is CC(=O)Oc1ccc2c3c1O[C@H]1[C@@H](OC(C)=O)C=C[C@H]4[C@@H](C2)N(C)CC[C@@]341.COc1ccc2c3c1O[C@H]1[C@@H](O)C=C[C@H]4[C@@H](C2)N(C)CC[C@@]341. The van der Waals surface area contributed by atoms with Crippen LogP contribution >= 0.6 is 0 Å². The van der Waals surface area contributed by atoms with Crippen LogP contribution in [-0.2, 0) is 38.0 Å². The van der Waals surface area contributed by atoms with Gasteiger partial charge in [-0.1, -0.05) is 30.4 Å². The lowest BCUT2D eigenvalue weighted by molar-refractivity contribution is -0.152. The summed E-state index contributed by atoms with van der Waals surface area (Å²) in [7, 11) is 6.08. The fraction of sp³-hybridized carbons (Fsp3) is 0.538. The number of benzene rings is 2. The largest absolute Gasteiger partial charge is 0.493 e. The molecule has 10 heteroatoms. The molecular formula is C39H44N2O8. The average molecular weight is 669 g/mol. The third-order valence-corrected chi connectivity index (χ3v) is 13.0. The normalized spacial score (nSPS) is 37.8. The fourth-order valence-corrected chi connectivity index (χ4v) is 11.1. The van der Waals surface area contributed by atoms with Gasteiger partial charge < -0.3 is 38.6 Å². The van der Waals surface area contributed by atoms with Crippen molar-refractivity contribution < 1.29 is 38.4 Å². The molecular weight excluding hydrogens is 624 g/mol. The van der Waals surface area contributed by atoms with Crippen molar-refractivity contribution in [3.05, 3.63) is 70.8 Å². The van der Waals surface area contributed by atoms with Crippen LogP contribution in [0.4, 0.5) is 0 Å². The Morgan fingerprint density at radius 1 is 0.776 bits per heavy atom. The number of methoxy groups -OCH3 is 1. The van der Waals surface area contributed by atoms with Crippen LogP contribution in [0.2, 0.25) is 0 Å². The molecule has 10 atom stereocenters. The number of piperidine rings is 2. The Morgan fingerprint density at radius 3 is 1.92 bits per heavy atom. The Hall–Kier alpha value is -3.86. The maximum atomic E-state index is 11.7. The first-order valence-corrected chi connectivity index (χ1v) is 17.6. The highest BCUT2D eigenvalue weighted by molar-refractivity contribution is 5.73. The molecule has 4 heterocycles. The maximum absolute atomic E-state index is 11.7. The molecule has 0 saturated carbocycles. The van der Waals surface area contributed by atoms with Crippen molar-refractivity contribution in [2.75, 3.05) is 34.3 Å². The van der Waals surface area contributed by atoms with Crippen LogP contribution in [0.1, 0.15) is 48.9 Å². The highest BCUT2D eigenvalue weighted by atomic mass is 16.6. The van der Waals surface area contributed by atoms with Crippen molar-refractivity contribution in [1.29, 1.82) is 0 Å². The van der Waals surface area contributed by atoms with Crippen molar-refractivity contribution in [3.63, 3.8) is 0 Å². The van der Waals surface area contributed by atoms with Gasteiger partial charge in [-0.3, -0.25) is 9.59 Å². The van der Waals surface area contributed by atoms with Gasteiger partial charge in [0.05, 0.1) is 7.11 Å². The summed E-state index contributed by atoms with van der Waals surface area (Å²) < 4.78 is 29.3. The number of likely N-dealkylation sites (tertiary alicyclic amines) is 2. The third-order valence-electron chi connectivity index (χ3n) is 13.0. The van der Waals surface area contributed by atoms with E-state index in [1.807, 2.05) is 24.3 Å². The van der Waals surface area contributed by atoms with E-state index < -0.39 is 12.2 Å². The van der Waals surface area contributed by atoms with Gasteiger partial charge in [0.2, 0.25) is 0 Å². The number of hydrogen-bond acceptors (Lipinski definition) is 10. The fourth-order valence-electron chi connectivity index (χ4n) is 11.1. The second kappa shape index (κ2) is 10.8. The molecule has 2 fully saturated rings. The number of carbonyl (C=O) groups excluding carboxylic acids is 2. The molecule has 10 nitrogen and oxygen atoms in total. The standard InChI is InChI=1S/C21H23NO5.C18H21NO3/c1-11(23)25-16-6-4-13-10-15-14-5-7-17(26-12(2)24)20-21(14,8-9-22(15)3)18(13)19(16)27-20;1-19-8-7-18-11-4-5-13(20)17(18)22-16-14(21-2)6-3-10(15(16)18)9-12(11)19/h4-7,14-15,17,20H,8-10H2,1-3H3;3-6,11-13,17,20H,7-9H2,1-2H3/t14-,15+,17-,20-,21-;11-,12+,13-,17-,18-/m00/s1. The van der Waals surface area contributed by atoms with E-state index in [-0.39, 0.29) is 40.9 Å². The minimum absolute atomic E-state index is 0.0806. The molecule has 0 amide bonds. The molecule has 0 unspecified atom stereocenters. The van der Waals surface area contributed by atoms with Crippen molar-refractivity contribution in [2.45, 2.75) is 86.9 Å². The summed E-state index contributed by atoms with van der Waals surface area (Å²) in [5, 5.41) is 10.6. The van der Waals surface area contributed by atoms with E-state index in [2.05, 4.69) is 48.2 Å². The first-order valence-electron chi connectivity index (χ1n) is 17.6. The predicted octanol–water partition coefficient (Wildman–Crippen LogP) is 3.49. The van der Waals surface area contributed by atoms with Gasteiger partial charge in [0.1, 0.15) is 18.3 Å². The van der Waals surface area contributed by atoms with E-state index in [0.717, 1.165) is 55.8 Å². The van der Waals surface area contributed by atoms with Gasteiger partial charge in [-0.05, 0) is 82.2 Å². The summed E-state index contributed by atoms with van der Waals surface area (Å²) in [6.45, 7) is 4.83. The Morgan fingerprint density at radius 2 is 1.33 bits per heavy atom. The van der Waals surface area contributed by atoms with Crippen LogP contribution in [0.25, 0.3) is 0 Å². The van der Waals surface area contributed by atoms with Crippen molar-refractivity contribution in [1.82, 2.24) is 9.80 Å². The number of nitrogens with zero attached hydrogens (tertiary/aromatic N) is 2. The summed E-state index contributed by atoms with van der Waals surface area (Å²) in [4.78, 5) is 28.2.